The summed E-state index contributed by atoms with van der Waals surface area (Å²) in [5.41, 5.74) is 7.31. The SMILES string of the molecule is Nc1ccc(C(=O)N2CCCC(C(=O)c3ccc(F)cc3)C2)cc1. The zero-order chi connectivity index (χ0) is 17.1. The molecule has 1 heterocycles. The van der Waals surface area contributed by atoms with Crippen LogP contribution in [0.1, 0.15) is 33.6 Å². The van der Waals surface area contributed by atoms with Gasteiger partial charge < -0.3 is 10.6 Å². The summed E-state index contributed by atoms with van der Waals surface area (Å²) in [5, 5.41) is 0. The summed E-state index contributed by atoms with van der Waals surface area (Å²) < 4.78 is 13.0. The molecule has 1 saturated heterocycles. The van der Waals surface area contributed by atoms with Crippen molar-refractivity contribution >= 4 is 17.4 Å². The summed E-state index contributed by atoms with van der Waals surface area (Å²) in [6.45, 7) is 1.02. The zero-order valence-corrected chi connectivity index (χ0v) is 13.2. The highest BCUT2D eigenvalue weighted by Gasteiger charge is 2.29. The first kappa shape index (κ1) is 16.2. The molecule has 124 valence electrons. The summed E-state index contributed by atoms with van der Waals surface area (Å²) in [6, 6.07) is 12.3. The number of piperidine rings is 1. The molecule has 1 atom stereocenters. The van der Waals surface area contributed by atoms with Crippen molar-refractivity contribution in [2.75, 3.05) is 18.8 Å². The number of likely N-dealkylation sites (tertiary alicyclic amines) is 1. The number of ketones is 1. The molecule has 1 aliphatic rings. The molecule has 24 heavy (non-hydrogen) atoms. The Morgan fingerprint density at radius 2 is 1.62 bits per heavy atom. The number of carbonyl (C=O) groups is 2. The minimum atomic E-state index is -0.365. The van der Waals surface area contributed by atoms with Gasteiger partial charge in [-0.25, -0.2) is 4.39 Å². The number of nitrogen functional groups attached to an aromatic ring is 1. The van der Waals surface area contributed by atoms with Gasteiger partial charge in [0, 0.05) is 35.8 Å². The summed E-state index contributed by atoms with van der Waals surface area (Å²) >= 11 is 0. The Bertz CT molecular complexity index is 677. The van der Waals surface area contributed by atoms with Gasteiger partial charge in [-0.3, -0.25) is 9.59 Å². The average Bonchev–Trinajstić information content (AvgIpc) is 2.62. The first-order valence-corrected chi connectivity index (χ1v) is 7.99. The lowest BCUT2D eigenvalue weighted by atomic mass is 9.89. The van der Waals surface area contributed by atoms with Gasteiger partial charge >= 0.3 is 0 Å². The molecule has 5 heteroatoms. The van der Waals surface area contributed by atoms with Crippen LogP contribution in [0, 0.1) is 11.7 Å². The molecule has 0 aliphatic carbocycles. The fourth-order valence-corrected chi connectivity index (χ4v) is 3.03. The number of halogens is 1. The van der Waals surface area contributed by atoms with Gasteiger partial charge in [-0.2, -0.15) is 0 Å². The number of benzene rings is 2. The van der Waals surface area contributed by atoms with Crippen LogP contribution in [-0.2, 0) is 0 Å². The monoisotopic (exact) mass is 326 g/mol. The number of Topliss-reactive ketones (excluding diaryl/α,β-unsaturated/α-hetero) is 1. The lowest BCUT2D eigenvalue weighted by Crippen LogP contribution is -2.42. The van der Waals surface area contributed by atoms with Gasteiger partial charge in [0.15, 0.2) is 5.78 Å². The second-order valence-corrected chi connectivity index (χ2v) is 6.08. The van der Waals surface area contributed by atoms with Gasteiger partial charge in [0.2, 0.25) is 0 Å². The van der Waals surface area contributed by atoms with Crippen molar-refractivity contribution in [1.82, 2.24) is 4.90 Å². The lowest BCUT2D eigenvalue weighted by Gasteiger charge is -2.32. The molecular formula is C19H19FN2O2. The number of hydrogen-bond donors (Lipinski definition) is 1. The van der Waals surface area contributed by atoms with Crippen LogP contribution in [0.25, 0.3) is 0 Å². The van der Waals surface area contributed by atoms with E-state index in [-0.39, 0.29) is 23.4 Å². The van der Waals surface area contributed by atoms with Crippen molar-refractivity contribution < 1.29 is 14.0 Å². The third-order valence-electron chi connectivity index (χ3n) is 4.37. The molecule has 2 aromatic rings. The van der Waals surface area contributed by atoms with Gasteiger partial charge in [0.05, 0.1) is 0 Å². The minimum absolute atomic E-state index is 0.0372. The zero-order valence-electron chi connectivity index (χ0n) is 13.2. The maximum absolute atomic E-state index is 13.0. The van der Waals surface area contributed by atoms with Crippen molar-refractivity contribution in [2.45, 2.75) is 12.8 Å². The summed E-state index contributed by atoms with van der Waals surface area (Å²) in [6.07, 6.45) is 1.51. The van der Waals surface area contributed by atoms with Gasteiger partial charge in [0.1, 0.15) is 5.82 Å². The minimum Gasteiger partial charge on any atom is -0.399 e. The topological polar surface area (TPSA) is 63.4 Å². The molecule has 1 unspecified atom stereocenters. The predicted octanol–water partition coefficient (Wildman–Crippen LogP) is 3.14. The molecule has 2 aromatic carbocycles. The molecule has 1 aliphatic heterocycles. The van der Waals surface area contributed by atoms with Gasteiger partial charge in [-0.1, -0.05) is 0 Å². The number of hydrogen-bond acceptors (Lipinski definition) is 3. The van der Waals surface area contributed by atoms with E-state index >= 15 is 0 Å². The van der Waals surface area contributed by atoms with Gasteiger partial charge in [0.25, 0.3) is 5.91 Å². The van der Waals surface area contributed by atoms with Crippen molar-refractivity contribution in [1.29, 1.82) is 0 Å². The highest BCUT2D eigenvalue weighted by molar-refractivity contribution is 5.99. The Kier molecular flexibility index (Phi) is 4.60. The second kappa shape index (κ2) is 6.83. The number of carbonyl (C=O) groups excluding carboxylic acids is 2. The van der Waals surface area contributed by atoms with Crippen molar-refractivity contribution in [3.05, 3.63) is 65.5 Å². The standard InChI is InChI=1S/C19H19FN2O2/c20-16-7-3-13(4-8-16)18(23)15-2-1-11-22(12-15)19(24)14-5-9-17(21)10-6-14/h3-10,15H,1-2,11-12,21H2. The van der Waals surface area contributed by atoms with Crippen LogP contribution in [0.5, 0.6) is 0 Å². The fraction of sp³-hybridized carbons (Fsp3) is 0.263. The first-order valence-electron chi connectivity index (χ1n) is 7.99. The van der Waals surface area contributed by atoms with Gasteiger partial charge in [-0.05, 0) is 61.4 Å². The summed E-state index contributed by atoms with van der Waals surface area (Å²) in [4.78, 5) is 26.9. The Labute approximate surface area is 140 Å². The maximum atomic E-state index is 13.0. The van der Waals surface area contributed by atoms with Crippen LogP contribution in [0.15, 0.2) is 48.5 Å². The summed E-state index contributed by atoms with van der Waals surface area (Å²) in [7, 11) is 0. The second-order valence-electron chi connectivity index (χ2n) is 6.08. The molecule has 0 radical (unpaired) electrons. The van der Waals surface area contributed by atoms with E-state index in [1.54, 1.807) is 29.2 Å². The van der Waals surface area contributed by atoms with Crippen molar-refractivity contribution in [3.63, 3.8) is 0 Å². The molecule has 0 aromatic heterocycles. The lowest BCUT2D eigenvalue weighted by molar-refractivity contribution is 0.0637. The van der Waals surface area contributed by atoms with Crippen molar-refractivity contribution in [2.24, 2.45) is 5.92 Å². The molecular weight excluding hydrogens is 307 g/mol. The van der Waals surface area contributed by atoms with Crippen LogP contribution in [0.2, 0.25) is 0 Å². The third kappa shape index (κ3) is 3.45. The Morgan fingerprint density at radius 3 is 2.29 bits per heavy atom. The number of amides is 1. The molecule has 0 saturated carbocycles. The van der Waals surface area contributed by atoms with Crippen LogP contribution in [-0.4, -0.2) is 29.7 Å². The summed E-state index contributed by atoms with van der Waals surface area (Å²) in [5.74, 6) is -0.742. The van der Waals surface area contributed by atoms with Gasteiger partial charge in [-0.15, -0.1) is 0 Å². The Balaban J connectivity index is 1.71. The van der Waals surface area contributed by atoms with Crippen LogP contribution >= 0.6 is 0 Å². The third-order valence-corrected chi connectivity index (χ3v) is 4.37. The fourth-order valence-electron chi connectivity index (χ4n) is 3.03. The largest absolute Gasteiger partial charge is 0.399 e. The normalized spacial score (nSPS) is 17.5. The average molecular weight is 326 g/mol. The van der Waals surface area contributed by atoms with Crippen LogP contribution < -0.4 is 5.73 Å². The maximum Gasteiger partial charge on any atom is 0.253 e. The highest BCUT2D eigenvalue weighted by atomic mass is 19.1. The van der Waals surface area contributed by atoms with E-state index < -0.39 is 0 Å². The van der Waals surface area contributed by atoms with E-state index in [2.05, 4.69) is 0 Å². The van der Waals surface area contributed by atoms with E-state index in [1.165, 1.54) is 24.3 Å². The van der Waals surface area contributed by atoms with E-state index in [0.717, 1.165) is 12.8 Å². The molecule has 0 spiro atoms. The van der Waals surface area contributed by atoms with E-state index in [9.17, 15) is 14.0 Å². The number of rotatable bonds is 3. The molecule has 2 N–H and O–H groups in total. The number of nitrogens with zero attached hydrogens (tertiary/aromatic N) is 1. The van der Waals surface area contributed by atoms with Crippen molar-refractivity contribution in [3.8, 4) is 0 Å². The first-order chi connectivity index (χ1) is 11.5. The smallest absolute Gasteiger partial charge is 0.253 e. The Hall–Kier alpha value is -2.69. The number of anilines is 1. The molecule has 1 amide bonds. The predicted molar refractivity (Wildman–Crippen MR) is 90.2 cm³/mol. The highest BCUT2D eigenvalue weighted by Crippen LogP contribution is 2.23. The molecule has 1 fully saturated rings. The molecule has 0 bridgehead atoms. The van der Waals surface area contributed by atoms with Crippen LogP contribution in [0.3, 0.4) is 0 Å². The quantitative estimate of drug-likeness (QED) is 0.696. The van der Waals surface area contributed by atoms with E-state index in [1.807, 2.05) is 0 Å². The van der Waals surface area contributed by atoms with Crippen LogP contribution in [0.4, 0.5) is 10.1 Å². The molecule has 3 rings (SSSR count). The van der Waals surface area contributed by atoms with E-state index in [0.29, 0.717) is 29.9 Å². The molecule has 4 nitrogen and oxygen atoms in total. The Morgan fingerprint density at radius 1 is 1.00 bits per heavy atom. The van der Waals surface area contributed by atoms with E-state index in [4.69, 9.17) is 5.73 Å². The number of nitrogens with two attached hydrogens (primary N) is 1.